The van der Waals surface area contributed by atoms with Crippen LogP contribution in [0.15, 0.2) is 24.3 Å². The molecule has 2 N–H and O–H groups in total. The number of nitrogens with zero attached hydrogens (tertiary/aromatic N) is 1. The van der Waals surface area contributed by atoms with Crippen LogP contribution in [-0.4, -0.2) is 24.0 Å². The van der Waals surface area contributed by atoms with Gasteiger partial charge in [-0.25, -0.2) is 0 Å². The van der Waals surface area contributed by atoms with Crippen molar-refractivity contribution in [3.63, 3.8) is 0 Å². The Morgan fingerprint density at radius 2 is 1.85 bits per heavy atom. The first kappa shape index (κ1) is 14.1. The Hall–Kier alpha value is -0.860. The van der Waals surface area contributed by atoms with Crippen molar-refractivity contribution in [2.45, 2.75) is 57.5 Å². The van der Waals surface area contributed by atoms with Crippen molar-refractivity contribution in [3.8, 4) is 0 Å². The molecule has 0 spiro atoms. The second-order valence-electron chi connectivity index (χ2n) is 6.88. The molecule has 1 aromatic carbocycles. The average Bonchev–Trinajstić information content (AvgIpc) is 3.19. The van der Waals surface area contributed by atoms with Gasteiger partial charge in [-0.1, -0.05) is 38.1 Å². The van der Waals surface area contributed by atoms with Crippen molar-refractivity contribution in [1.82, 2.24) is 4.90 Å². The van der Waals surface area contributed by atoms with E-state index in [1.54, 1.807) is 0 Å². The fourth-order valence-electron chi connectivity index (χ4n) is 3.79. The predicted molar refractivity (Wildman–Crippen MR) is 84.8 cm³/mol. The van der Waals surface area contributed by atoms with Crippen LogP contribution in [-0.2, 0) is 0 Å². The lowest BCUT2D eigenvalue weighted by Crippen LogP contribution is -2.39. The Morgan fingerprint density at radius 3 is 2.40 bits per heavy atom. The van der Waals surface area contributed by atoms with E-state index in [0.717, 1.165) is 18.4 Å². The first-order valence-corrected chi connectivity index (χ1v) is 8.26. The third-order valence-electron chi connectivity index (χ3n) is 5.11. The van der Waals surface area contributed by atoms with E-state index in [0.29, 0.717) is 12.1 Å². The second kappa shape index (κ2) is 5.87. The fourth-order valence-corrected chi connectivity index (χ4v) is 3.79. The van der Waals surface area contributed by atoms with Gasteiger partial charge in [0.15, 0.2) is 0 Å². The molecule has 3 rings (SSSR count). The Bertz CT molecular complexity index is 433. The monoisotopic (exact) mass is 272 g/mol. The molecule has 1 aliphatic carbocycles. The number of nitrogens with two attached hydrogens (primary N) is 1. The topological polar surface area (TPSA) is 29.3 Å². The van der Waals surface area contributed by atoms with E-state index < -0.39 is 0 Å². The third-order valence-corrected chi connectivity index (χ3v) is 5.11. The van der Waals surface area contributed by atoms with Gasteiger partial charge in [0, 0.05) is 18.6 Å². The van der Waals surface area contributed by atoms with E-state index in [9.17, 15) is 0 Å². The van der Waals surface area contributed by atoms with Crippen molar-refractivity contribution in [1.29, 1.82) is 0 Å². The number of hydrogen-bond acceptors (Lipinski definition) is 2. The highest BCUT2D eigenvalue weighted by atomic mass is 15.2. The van der Waals surface area contributed by atoms with Crippen molar-refractivity contribution in [2.24, 2.45) is 11.7 Å². The summed E-state index contributed by atoms with van der Waals surface area (Å²) in [7, 11) is 0. The molecule has 2 aliphatic rings. The normalized spacial score (nSPS) is 25.3. The van der Waals surface area contributed by atoms with Crippen molar-refractivity contribution < 1.29 is 0 Å². The van der Waals surface area contributed by atoms with Crippen LogP contribution in [0.3, 0.4) is 0 Å². The van der Waals surface area contributed by atoms with Gasteiger partial charge >= 0.3 is 0 Å². The van der Waals surface area contributed by atoms with Gasteiger partial charge < -0.3 is 5.73 Å². The van der Waals surface area contributed by atoms with Gasteiger partial charge in [-0.2, -0.15) is 0 Å². The number of likely N-dealkylation sites (tertiary alicyclic amines) is 1. The molecule has 2 unspecified atom stereocenters. The molecule has 1 heterocycles. The van der Waals surface area contributed by atoms with Crippen LogP contribution in [0, 0.1) is 5.92 Å². The molecule has 2 fully saturated rings. The van der Waals surface area contributed by atoms with Crippen LogP contribution in [0.2, 0.25) is 0 Å². The zero-order valence-corrected chi connectivity index (χ0v) is 12.9. The first-order chi connectivity index (χ1) is 9.70. The van der Waals surface area contributed by atoms with E-state index in [4.69, 9.17) is 5.73 Å². The summed E-state index contributed by atoms with van der Waals surface area (Å²) in [4.78, 5) is 2.65. The molecule has 2 heteroatoms. The third kappa shape index (κ3) is 2.77. The van der Waals surface area contributed by atoms with Gasteiger partial charge in [0.1, 0.15) is 0 Å². The van der Waals surface area contributed by atoms with E-state index in [2.05, 4.69) is 43.0 Å². The largest absolute Gasteiger partial charge is 0.329 e. The van der Waals surface area contributed by atoms with Gasteiger partial charge in [-0.3, -0.25) is 4.90 Å². The summed E-state index contributed by atoms with van der Waals surface area (Å²) in [6, 6.07) is 10.4. The van der Waals surface area contributed by atoms with E-state index in [1.165, 1.54) is 43.4 Å². The SMILES string of the molecule is CC(C)C1CCCN1C(CN)c1ccc(C2CC2)cc1. The summed E-state index contributed by atoms with van der Waals surface area (Å²) in [5, 5.41) is 0. The van der Waals surface area contributed by atoms with Crippen LogP contribution >= 0.6 is 0 Å². The van der Waals surface area contributed by atoms with E-state index >= 15 is 0 Å². The van der Waals surface area contributed by atoms with Crippen LogP contribution in [0.4, 0.5) is 0 Å². The van der Waals surface area contributed by atoms with Gasteiger partial charge in [-0.15, -0.1) is 0 Å². The molecule has 1 aliphatic heterocycles. The summed E-state index contributed by atoms with van der Waals surface area (Å²) in [5.41, 5.74) is 9.04. The molecule has 1 aromatic rings. The lowest BCUT2D eigenvalue weighted by Gasteiger charge is -2.35. The molecular weight excluding hydrogens is 244 g/mol. The lowest BCUT2D eigenvalue weighted by molar-refractivity contribution is 0.149. The van der Waals surface area contributed by atoms with Crippen LogP contribution in [0.5, 0.6) is 0 Å². The van der Waals surface area contributed by atoms with Crippen LogP contribution < -0.4 is 5.73 Å². The maximum Gasteiger partial charge on any atom is 0.0473 e. The van der Waals surface area contributed by atoms with Gasteiger partial charge in [-0.05, 0) is 55.2 Å². The standard InChI is InChI=1S/C18H28N2/c1-13(2)17-4-3-11-20(17)18(12-19)16-9-7-15(8-10-16)14-5-6-14/h7-10,13-14,17-18H,3-6,11-12,19H2,1-2H3. The minimum Gasteiger partial charge on any atom is -0.329 e. The summed E-state index contributed by atoms with van der Waals surface area (Å²) in [6.07, 6.45) is 5.40. The molecular formula is C18H28N2. The molecule has 110 valence electrons. The molecule has 0 radical (unpaired) electrons. The maximum absolute atomic E-state index is 6.12. The zero-order valence-electron chi connectivity index (χ0n) is 12.9. The van der Waals surface area contributed by atoms with Crippen molar-refractivity contribution in [3.05, 3.63) is 35.4 Å². The molecule has 0 aromatic heterocycles. The van der Waals surface area contributed by atoms with Crippen molar-refractivity contribution >= 4 is 0 Å². The summed E-state index contributed by atoms with van der Waals surface area (Å²) in [5.74, 6) is 1.56. The highest BCUT2D eigenvalue weighted by Gasteiger charge is 2.32. The Morgan fingerprint density at radius 1 is 1.15 bits per heavy atom. The molecule has 0 bridgehead atoms. The highest BCUT2D eigenvalue weighted by molar-refractivity contribution is 5.30. The molecule has 1 saturated heterocycles. The van der Waals surface area contributed by atoms with Crippen LogP contribution in [0.25, 0.3) is 0 Å². The van der Waals surface area contributed by atoms with Crippen LogP contribution in [0.1, 0.15) is 62.6 Å². The van der Waals surface area contributed by atoms with E-state index in [1.807, 2.05) is 0 Å². The smallest absolute Gasteiger partial charge is 0.0473 e. The zero-order chi connectivity index (χ0) is 14.1. The molecule has 1 saturated carbocycles. The minimum atomic E-state index is 0.401. The quantitative estimate of drug-likeness (QED) is 0.886. The van der Waals surface area contributed by atoms with Gasteiger partial charge in [0.05, 0.1) is 0 Å². The fraction of sp³-hybridized carbons (Fsp3) is 0.667. The first-order valence-electron chi connectivity index (χ1n) is 8.26. The second-order valence-corrected chi connectivity index (χ2v) is 6.88. The number of hydrogen-bond donors (Lipinski definition) is 1. The minimum absolute atomic E-state index is 0.401. The van der Waals surface area contributed by atoms with Gasteiger partial charge in [0.25, 0.3) is 0 Å². The molecule has 0 amide bonds. The van der Waals surface area contributed by atoms with Crippen molar-refractivity contribution in [2.75, 3.05) is 13.1 Å². The van der Waals surface area contributed by atoms with Gasteiger partial charge in [0.2, 0.25) is 0 Å². The average molecular weight is 272 g/mol. The number of benzene rings is 1. The molecule has 20 heavy (non-hydrogen) atoms. The highest BCUT2D eigenvalue weighted by Crippen LogP contribution is 2.40. The summed E-state index contributed by atoms with van der Waals surface area (Å²) >= 11 is 0. The Balaban J connectivity index is 1.77. The molecule has 2 atom stereocenters. The summed E-state index contributed by atoms with van der Waals surface area (Å²) < 4.78 is 0. The predicted octanol–water partition coefficient (Wildman–Crippen LogP) is 3.68. The maximum atomic E-state index is 6.12. The Kier molecular flexibility index (Phi) is 4.13. The number of rotatable bonds is 5. The Labute approximate surface area is 123 Å². The summed E-state index contributed by atoms with van der Waals surface area (Å²) in [6.45, 7) is 6.61. The lowest BCUT2D eigenvalue weighted by atomic mass is 9.97. The van der Waals surface area contributed by atoms with E-state index in [-0.39, 0.29) is 0 Å². The molecule has 2 nitrogen and oxygen atoms in total.